The predicted molar refractivity (Wildman–Crippen MR) is 357 cm³/mol. The lowest BCUT2D eigenvalue weighted by Crippen LogP contribution is -2.15. The summed E-state index contributed by atoms with van der Waals surface area (Å²) in [5, 5.41) is 5.05. The standard InChI is InChI=1S/C82H60N2/c1-81(2)73-49-59(57-33-27-53(28-34-57)23-25-55-31-45-79-71(47-55)69-19-11-13-21-77(69)83(79)63-15-7-5-8-16-63)37-41-65(73)67-43-39-61(51-75(67)81)62-40-44-68-66-42-38-60(50-74(66)82(3,4)76(68)52-62)58-35-29-54(30-36-58)24-26-56-32-46-80-72(48-56)70-20-12-14-22-78(70)84(80)64-17-9-6-10-18-64/h5-52H,1-4H3/b25-23+,26-24+. The van der Waals surface area contributed by atoms with E-state index in [9.17, 15) is 0 Å². The quantitative estimate of drug-likeness (QED) is 0.128. The number of rotatable bonds is 9. The third-order valence-electron chi connectivity index (χ3n) is 18.5. The Morgan fingerprint density at radius 1 is 0.238 bits per heavy atom. The van der Waals surface area contributed by atoms with Gasteiger partial charge in [-0.1, -0.05) is 234 Å². The van der Waals surface area contributed by atoms with Crippen molar-refractivity contribution in [2.24, 2.45) is 0 Å². The molecule has 0 saturated carbocycles. The molecule has 2 heterocycles. The molecule has 0 atom stereocenters. The fraction of sp³-hybridized carbons (Fsp3) is 0.0732. The summed E-state index contributed by atoms with van der Waals surface area (Å²) in [7, 11) is 0. The summed E-state index contributed by atoms with van der Waals surface area (Å²) >= 11 is 0. The van der Waals surface area contributed by atoms with E-state index >= 15 is 0 Å². The van der Waals surface area contributed by atoms with Gasteiger partial charge in [-0.3, -0.25) is 0 Å². The Hall–Kier alpha value is -10.3. The van der Waals surface area contributed by atoms with Crippen LogP contribution in [0.5, 0.6) is 0 Å². The molecule has 14 aromatic rings. The van der Waals surface area contributed by atoms with Crippen LogP contribution in [0.15, 0.2) is 267 Å². The third-order valence-corrected chi connectivity index (χ3v) is 18.5. The van der Waals surface area contributed by atoms with Crippen molar-refractivity contribution in [3.63, 3.8) is 0 Å². The summed E-state index contributed by atoms with van der Waals surface area (Å²) < 4.78 is 4.73. The van der Waals surface area contributed by atoms with E-state index in [1.54, 1.807) is 0 Å². The van der Waals surface area contributed by atoms with Gasteiger partial charge in [-0.25, -0.2) is 0 Å². The van der Waals surface area contributed by atoms with Crippen LogP contribution in [0.1, 0.15) is 72.2 Å². The zero-order valence-corrected chi connectivity index (χ0v) is 47.6. The van der Waals surface area contributed by atoms with Crippen molar-refractivity contribution in [1.82, 2.24) is 9.13 Å². The maximum atomic E-state index is 2.47. The van der Waals surface area contributed by atoms with E-state index < -0.39 is 0 Å². The molecule has 0 spiro atoms. The number of hydrogen-bond donors (Lipinski definition) is 0. The molecule has 2 aliphatic rings. The summed E-state index contributed by atoms with van der Waals surface area (Å²) in [5.74, 6) is 0. The predicted octanol–water partition coefficient (Wildman–Crippen LogP) is 21.8. The highest BCUT2D eigenvalue weighted by Gasteiger charge is 2.38. The molecule has 0 saturated heterocycles. The molecule has 12 aromatic carbocycles. The summed E-state index contributed by atoms with van der Waals surface area (Å²) in [6, 6.07) is 98.9. The minimum atomic E-state index is -0.160. The van der Waals surface area contributed by atoms with Crippen LogP contribution >= 0.6 is 0 Å². The molecule has 0 radical (unpaired) electrons. The summed E-state index contributed by atoms with van der Waals surface area (Å²) in [6.07, 6.45) is 8.93. The van der Waals surface area contributed by atoms with Gasteiger partial charge in [0.15, 0.2) is 0 Å². The molecule has 2 heteroatoms. The fourth-order valence-electron chi connectivity index (χ4n) is 14.1. The fourth-order valence-corrected chi connectivity index (χ4v) is 14.1. The molecule has 0 aliphatic heterocycles. The molecule has 0 unspecified atom stereocenters. The van der Waals surface area contributed by atoms with E-state index in [4.69, 9.17) is 0 Å². The maximum absolute atomic E-state index is 2.47. The Bertz CT molecular complexity index is 4700. The molecule has 2 nitrogen and oxygen atoms in total. The Kier molecular flexibility index (Phi) is 11.3. The van der Waals surface area contributed by atoms with E-state index in [2.05, 4.69) is 328 Å². The number of nitrogens with zero attached hydrogens (tertiary/aromatic N) is 2. The first-order valence-corrected chi connectivity index (χ1v) is 29.5. The third kappa shape index (κ3) is 8.00. The first-order chi connectivity index (χ1) is 41.1. The highest BCUT2D eigenvalue weighted by molar-refractivity contribution is 6.11. The molecule has 2 aromatic heterocycles. The SMILES string of the molecule is CC1(C)c2cc(-c3ccc(/C=C/c4ccc5c(c4)c4ccccc4n5-c4ccccc4)cc3)ccc2-c2ccc(-c3ccc4c(c3)C(C)(C)c3cc(-c5ccc(/C=C/c6ccc7c(c6)c6ccccc6n7-c6ccccc6)cc5)ccc3-4)cc21. The average Bonchev–Trinajstić information content (AvgIpc) is 2.29. The molecule has 0 N–H and O–H groups in total. The molecule has 16 rings (SSSR count). The van der Waals surface area contributed by atoms with Gasteiger partial charge in [0.2, 0.25) is 0 Å². The molecular formula is C82H60N2. The molecule has 0 bridgehead atoms. The van der Waals surface area contributed by atoms with Crippen LogP contribution in [0, 0.1) is 0 Å². The number of hydrogen-bond acceptors (Lipinski definition) is 0. The number of para-hydroxylation sites is 4. The van der Waals surface area contributed by atoms with Gasteiger partial charge in [0, 0.05) is 43.7 Å². The number of benzene rings is 12. The smallest absolute Gasteiger partial charge is 0.0541 e. The Balaban J connectivity index is 0.617. The van der Waals surface area contributed by atoms with Crippen LogP contribution < -0.4 is 0 Å². The second-order valence-corrected chi connectivity index (χ2v) is 24.1. The van der Waals surface area contributed by atoms with E-state index in [-0.39, 0.29) is 10.8 Å². The minimum absolute atomic E-state index is 0.160. The van der Waals surface area contributed by atoms with Crippen LogP contribution in [-0.4, -0.2) is 9.13 Å². The van der Waals surface area contributed by atoms with E-state index in [1.165, 1.54) is 155 Å². The normalized spacial score (nSPS) is 13.8. The maximum Gasteiger partial charge on any atom is 0.0541 e. The van der Waals surface area contributed by atoms with Crippen molar-refractivity contribution < 1.29 is 0 Å². The second-order valence-electron chi connectivity index (χ2n) is 24.1. The zero-order chi connectivity index (χ0) is 56.3. The van der Waals surface area contributed by atoms with Gasteiger partial charge < -0.3 is 9.13 Å². The van der Waals surface area contributed by atoms with Crippen LogP contribution in [0.25, 0.3) is 135 Å². The van der Waals surface area contributed by atoms with Gasteiger partial charge >= 0.3 is 0 Å². The Labute approximate surface area is 491 Å². The summed E-state index contributed by atoms with van der Waals surface area (Å²) in [6.45, 7) is 9.59. The van der Waals surface area contributed by atoms with Crippen molar-refractivity contribution >= 4 is 67.9 Å². The summed E-state index contributed by atoms with van der Waals surface area (Å²) in [5.41, 5.74) is 30.0. The van der Waals surface area contributed by atoms with Crippen molar-refractivity contribution in [3.05, 3.63) is 311 Å². The monoisotopic (exact) mass is 1070 g/mol. The topological polar surface area (TPSA) is 9.86 Å². The highest BCUT2D eigenvalue weighted by Crippen LogP contribution is 2.53. The van der Waals surface area contributed by atoms with Crippen molar-refractivity contribution in [2.45, 2.75) is 38.5 Å². The largest absolute Gasteiger partial charge is 0.309 e. The molecule has 2 aliphatic carbocycles. The van der Waals surface area contributed by atoms with E-state index in [1.807, 2.05) is 0 Å². The van der Waals surface area contributed by atoms with E-state index in [0.717, 1.165) is 0 Å². The van der Waals surface area contributed by atoms with Gasteiger partial charge in [0.1, 0.15) is 0 Å². The summed E-state index contributed by atoms with van der Waals surface area (Å²) in [4.78, 5) is 0. The van der Waals surface area contributed by atoms with Crippen LogP contribution in [-0.2, 0) is 10.8 Å². The highest BCUT2D eigenvalue weighted by atomic mass is 15.0. The lowest BCUT2D eigenvalue weighted by molar-refractivity contribution is 0.660. The second kappa shape index (κ2) is 19.2. The van der Waals surface area contributed by atoms with Gasteiger partial charge in [0.25, 0.3) is 0 Å². The minimum Gasteiger partial charge on any atom is -0.309 e. The molecule has 398 valence electrons. The number of aromatic nitrogens is 2. The van der Waals surface area contributed by atoms with E-state index in [0.29, 0.717) is 0 Å². The zero-order valence-electron chi connectivity index (χ0n) is 47.6. The van der Waals surface area contributed by atoms with Crippen molar-refractivity contribution in [2.75, 3.05) is 0 Å². The first kappa shape index (κ1) is 49.5. The van der Waals surface area contributed by atoms with Crippen LogP contribution in [0.2, 0.25) is 0 Å². The van der Waals surface area contributed by atoms with Crippen LogP contribution in [0.4, 0.5) is 0 Å². The van der Waals surface area contributed by atoms with Crippen molar-refractivity contribution in [3.8, 4) is 67.0 Å². The lowest BCUT2D eigenvalue weighted by Gasteiger charge is -2.24. The molecular weight excluding hydrogens is 1010 g/mol. The van der Waals surface area contributed by atoms with Gasteiger partial charge in [-0.05, 0) is 185 Å². The van der Waals surface area contributed by atoms with Gasteiger partial charge in [-0.2, -0.15) is 0 Å². The first-order valence-electron chi connectivity index (χ1n) is 29.5. The molecule has 0 fully saturated rings. The van der Waals surface area contributed by atoms with Crippen LogP contribution in [0.3, 0.4) is 0 Å². The molecule has 84 heavy (non-hydrogen) atoms. The van der Waals surface area contributed by atoms with Crippen molar-refractivity contribution in [1.29, 1.82) is 0 Å². The Morgan fingerprint density at radius 3 is 0.893 bits per heavy atom. The lowest BCUT2D eigenvalue weighted by atomic mass is 9.79. The molecule has 0 amide bonds. The van der Waals surface area contributed by atoms with Gasteiger partial charge in [0.05, 0.1) is 22.1 Å². The average molecular weight is 1070 g/mol. The van der Waals surface area contributed by atoms with Gasteiger partial charge in [-0.15, -0.1) is 0 Å². The Morgan fingerprint density at radius 2 is 0.524 bits per heavy atom. The number of fused-ring (bicyclic) bond motifs is 12.